The Kier molecular flexibility index (Phi) is 5.11. The maximum atomic E-state index is 12.6. The Hall–Kier alpha value is -3.87. The Labute approximate surface area is 168 Å². The summed E-state index contributed by atoms with van der Waals surface area (Å²) in [5.74, 6) is 1.47. The molecule has 1 N–H and O–H groups in total. The molecule has 0 aliphatic heterocycles. The first-order valence-corrected chi connectivity index (χ1v) is 9.21. The molecule has 1 atom stereocenters. The van der Waals surface area contributed by atoms with Crippen LogP contribution in [-0.2, 0) is 0 Å². The van der Waals surface area contributed by atoms with Crippen LogP contribution in [0.15, 0.2) is 77.5 Å². The number of carbonyl (C=O) groups is 1. The average Bonchev–Trinajstić information content (AvgIpc) is 3.36. The van der Waals surface area contributed by atoms with Gasteiger partial charge in [0.1, 0.15) is 5.75 Å². The summed E-state index contributed by atoms with van der Waals surface area (Å²) in [4.78, 5) is 16.9. The normalized spacial score (nSPS) is 11.8. The molecule has 0 saturated carbocycles. The van der Waals surface area contributed by atoms with Crippen LogP contribution in [0.5, 0.6) is 11.7 Å². The number of nitrogens with zero attached hydrogens (tertiary/aromatic N) is 3. The van der Waals surface area contributed by atoms with Gasteiger partial charge >= 0.3 is 0 Å². The molecular weight excluding hydrogens is 368 g/mol. The predicted octanol–water partition coefficient (Wildman–Crippen LogP) is 4.45. The maximum absolute atomic E-state index is 12.6. The third kappa shape index (κ3) is 4.03. The van der Waals surface area contributed by atoms with Crippen LogP contribution in [0.25, 0.3) is 5.82 Å². The Morgan fingerprint density at radius 1 is 1.10 bits per heavy atom. The molecular formula is C22H20N4O3. The molecule has 0 radical (unpaired) electrons. The van der Waals surface area contributed by atoms with Crippen LogP contribution in [-0.4, -0.2) is 20.7 Å². The quantitative estimate of drug-likeness (QED) is 0.528. The van der Waals surface area contributed by atoms with Gasteiger partial charge in [-0.3, -0.25) is 4.79 Å². The lowest BCUT2D eigenvalue weighted by atomic mass is 10.1. The van der Waals surface area contributed by atoms with Gasteiger partial charge in [0.2, 0.25) is 0 Å². The van der Waals surface area contributed by atoms with E-state index >= 15 is 0 Å². The Bertz CT molecular complexity index is 1100. The molecule has 1 amide bonds. The molecule has 4 aromatic rings. The number of furan rings is 1. The first kappa shape index (κ1) is 18.5. The summed E-state index contributed by atoms with van der Waals surface area (Å²) in [7, 11) is 0. The van der Waals surface area contributed by atoms with Gasteiger partial charge in [0, 0.05) is 23.5 Å². The van der Waals surface area contributed by atoms with E-state index in [-0.39, 0.29) is 23.7 Å². The standard InChI is InChI=1S/C22H20N4O3/c1-15(18-14-24-26(16(18)2)20-10-6-7-13-23-20)25-22(27)19-11-12-21(29-19)28-17-8-4-3-5-9-17/h3-15H,1-2H3,(H,25,27). The summed E-state index contributed by atoms with van der Waals surface area (Å²) in [6.45, 7) is 3.84. The lowest BCUT2D eigenvalue weighted by Crippen LogP contribution is -2.26. The van der Waals surface area contributed by atoms with Crippen molar-refractivity contribution in [3.8, 4) is 17.5 Å². The van der Waals surface area contributed by atoms with Crippen molar-refractivity contribution in [2.45, 2.75) is 19.9 Å². The van der Waals surface area contributed by atoms with Crippen LogP contribution in [0.2, 0.25) is 0 Å². The fourth-order valence-electron chi connectivity index (χ4n) is 3.00. The van der Waals surface area contributed by atoms with Gasteiger partial charge in [0.25, 0.3) is 11.9 Å². The highest BCUT2D eigenvalue weighted by Gasteiger charge is 2.19. The highest BCUT2D eigenvalue weighted by molar-refractivity contribution is 5.91. The van der Waals surface area contributed by atoms with Gasteiger partial charge in [0.15, 0.2) is 11.6 Å². The molecule has 0 bridgehead atoms. The van der Waals surface area contributed by atoms with Gasteiger partial charge in [-0.2, -0.15) is 5.10 Å². The molecule has 0 saturated heterocycles. The number of benzene rings is 1. The summed E-state index contributed by atoms with van der Waals surface area (Å²) >= 11 is 0. The van der Waals surface area contributed by atoms with E-state index in [0.717, 1.165) is 17.1 Å². The second-order valence-corrected chi connectivity index (χ2v) is 6.51. The zero-order valence-electron chi connectivity index (χ0n) is 16.1. The van der Waals surface area contributed by atoms with E-state index in [1.54, 1.807) is 29.2 Å². The van der Waals surface area contributed by atoms with E-state index in [9.17, 15) is 4.79 Å². The number of hydrogen-bond acceptors (Lipinski definition) is 5. The van der Waals surface area contributed by atoms with E-state index in [0.29, 0.717) is 5.75 Å². The van der Waals surface area contributed by atoms with E-state index in [1.165, 1.54) is 0 Å². The Balaban J connectivity index is 1.45. The smallest absolute Gasteiger partial charge is 0.290 e. The summed E-state index contributed by atoms with van der Waals surface area (Å²) in [5, 5.41) is 7.33. The number of hydrogen-bond donors (Lipinski definition) is 1. The fraction of sp³-hybridized carbons (Fsp3) is 0.136. The van der Waals surface area contributed by atoms with Crippen LogP contribution in [0.3, 0.4) is 0 Å². The molecule has 1 aromatic carbocycles. The van der Waals surface area contributed by atoms with Crippen molar-refractivity contribution in [2.24, 2.45) is 0 Å². The number of amides is 1. The van der Waals surface area contributed by atoms with Crippen LogP contribution in [0.4, 0.5) is 0 Å². The number of carbonyl (C=O) groups excluding carboxylic acids is 1. The predicted molar refractivity (Wildman–Crippen MR) is 107 cm³/mol. The SMILES string of the molecule is Cc1c(C(C)NC(=O)c2ccc(Oc3ccccc3)o2)cnn1-c1ccccn1. The van der Waals surface area contributed by atoms with Crippen molar-refractivity contribution < 1.29 is 13.9 Å². The third-order valence-electron chi connectivity index (χ3n) is 4.49. The van der Waals surface area contributed by atoms with Crippen molar-refractivity contribution in [1.29, 1.82) is 0 Å². The number of aromatic nitrogens is 3. The number of rotatable bonds is 6. The number of pyridine rings is 1. The van der Waals surface area contributed by atoms with Gasteiger partial charge in [-0.1, -0.05) is 24.3 Å². The van der Waals surface area contributed by atoms with Crippen molar-refractivity contribution in [2.75, 3.05) is 0 Å². The molecule has 146 valence electrons. The molecule has 0 fully saturated rings. The van der Waals surface area contributed by atoms with Crippen LogP contribution in [0.1, 0.15) is 34.8 Å². The molecule has 7 heteroatoms. The van der Waals surface area contributed by atoms with Gasteiger partial charge in [-0.05, 0) is 44.2 Å². The minimum absolute atomic E-state index is 0.178. The van der Waals surface area contributed by atoms with Crippen molar-refractivity contribution in [3.63, 3.8) is 0 Å². The van der Waals surface area contributed by atoms with E-state index in [4.69, 9.17) is 9.15 Å². The maximum Gasteiger partial charge on any atom is 0.290 e. The first-order valence-electron chi connectivity index (χ1n) is 9.21. The zero-order chi connectivity index (χ0) is 20.2. The Morgan fingerprint density at radius 2 is 1.90 bits per heavy atom. The first-order chi connectivity index (χ1) is 14.1. The van der Waals surface area contributed by atoms with Crippen molar-refractivity contribution >= 4 is 5.91 Å². The van der Waals surface area contributed by atoms with Crippen molar-refractivity contribution in [1.82, 2.24) is 20.1 Å². The van der Waals surface area contributed by atoms with Gasteiger partial charge in [-0.25, -0.2) is 9.67 Å². The largest absolute Gasteiger partial charge is 0.426 e. The topological polar surface area (TPSA) is 82.2 Å². The third-order valence-corrected chi connectivity index (χ3v) is 4.49. The minimum Gasteiger partial charge on any atom is -0.426 e. The van der Waals surface area contributed by atoms with Crippen LogP contribution >= 0.6 is 0 Å². The van der Waals surface area contributed by atoms with Crippen LogP contribution < -0.4 is 10.1 Å². The van der Waals surface area contributed by atoms with Gasteiger partial charge < -0.3 is 14.5 Å². The summed E-state index contributed by atoms with van der Waals surface area (Å²) in [5.41, 5.74) is 1.81. The molecule has 3 aromatic heterocycles. The second-order valence-electron chi connectivity index (χ2n) is 6.51. The minimum atomic E-state index is -0.328. The molecule has 4 rings (SSSR count). The highest BCUT2D eigenvalue weighted by atomic mass is 16.6. The average molecular weight is 388 g/mol. The monoisotopic (exact) mass is 388 g/mol. The summed E-state index contributed by atoms with van der Waals surface area (Å²) in [6.07, 6.45) is 3.45. The van der Waals surface area contributed by atoms with Gasteiger partial charge in [0.05, 0.1) is 12.2 Å². The zero-order valence-corrected chi connectivity index (χ0v) is 16.1. The lowest BCUT2D eigenvalue weighted by Gasteiger charge is -2.13. The van der Waals surface area contributed by atoms with Gasteiger partial charge in [-0.15, -0.1) is 0 Å². The fourth-order valence-corrected chi connectivity index (χ4v) is 3.00. The second kappa shape index (κ2) is 8.02. The molecule has 7 nitrogen and oxygen atoms in total. The molecule has 1 unspecified atom stereocenters. The number of ether oxygens (including phenoxy) is 1. The Morgan fingerprint density at radius 3 is 2.66 bits per heavy atom. The molecule has 0 aliphatic rings. The lowest BCUT2D eigenvalue weighted by molar-refractivity contribution is 0.0907. The number of para-hydroxylation sites is 1. The molecule has 29 heavy (non-hydrogen) atoms. The summed E-state index contributed by atoms with van der Waals surface area (Å²) in [6, 6.07) is 17.8. The van der Waals surface area contributed by atoms with E-state index in [2.05, 4.69) is 15.4 Å². The van der Waals surface area contributed by atoms with Crippen molar-refractivity contribution in [3.05, 3.63) is 90.1 Å². The van der Waals surface area contributed by atoms with E-state index in [1.807, 2.05) is 62.4 Å². The molecule has 3 heterocycles. The van der Waals surface area contributed by atoms with E-state index < -0.39 is 0 Å². The number of nitrogens with one attached hydrogen (secondary N) is 1. The van der Waals surface area contributed by atoms with Crippen LogP contribution in [0, 0.1) is 6.92 Å². The molecule has 0 spiro atoms. The highest BCUT2D eigenvalue weighted by Crippen LogP contribution is 2.24. The summed E-state index contributed by atoms with van der Waals surface area (Å²) < 4.78 is 12.9. The molecule has 0 aliphatic carbocycles.